The summed E-state index contributed by atoms with van der Waals surface area (Å²) >= 11 is 0. The van der Waals surface area contributed by atoms with Gasteiger partial charge in [-0.3, -0.25) is 4.90 Å². The van der Waals surface area contributed by atoms with Crippen molar-refractivity contribution in [1.29, 1.82) is 0 Å². The highest BCUT2D eigenvalue weighted by atomic mass is 16.3. The first kappa shape index (κ1) is 13.6. The van der Waals surface area contributed by atoms with E-state index in [1.807, 2.05) is 6.07 Å². The zero-order valence-corrected chi connectivity index (χ0v) is 11.9. The molecule has 1 aromatic rings. The van der Waals surface area contributed by atoms with Gasteiger partial charge < -0.3 is 9.73 Å². The van der Waals surface area contributed by atoms with Gasteiger partial charge in [-0.05, 0) is 38.8 Å². The van der Waals surface area contributed by atoms with E-state index in [9.17, 15) is 0 Å². The van der Waals surface area contributed by atoms with E-state index >= 15 is 0 Å². The predicted octanol–water partition coefficient (Wildman–Crippen LogP) is 2.67. The van der Waals surface area contributed by atoms with E-state index in [-0.39, 0.29) is 0 Å². The summed E-state index contributed by atoms with van der Waals surface area (Å²) in [6.45, 7) is 9.22. The van der Waals surface area contributed by atoms with Gasteiger partial charge in [-0.15, -0.1) is 0 Å². The molecule has 1 aromatic heterocycles. The molecule has 0 radical (unpaired) electrons. The fourth-order valence-corrected chi connectivity index (χ4v) is 2.81. The molecule has 3 atom stereocenters. The van der Waals surface area contributed by atoms with Gasteiger partial charge in [0.15, 0.2) is 0 Å². The van der Waals surface area contributed by atoms with Crippen LogP contribution in [0.5, 0.6) is 0 Å². The Morgan fingerprint density at radius 3 is 3.06 bits per heavy atom. The molecule has 2 heterocycles. The van der Waals surface area contributed by atoms with Gasteiger partial charge >= 0.3 is 0 Å². The van der Waals surface area contributed by atoms with Crippen molar-refractivity contribution < 1.29 is 4.42 Å². The third-order valence-electron chi connectivity index (χ3n) is 4.15. The number of aryl methyl sites for hydroxylation is 1. The Morgan fingerprint density at radius 2 is 2.39 bits per heavy atom. The highest BCUT2D eigenvalue weighted by molar-refractivity contribution is 4.99. The minimum atomic E-state index is 0.626. The zero-order chi connectivity index (χ0) is 13.0. The van der Waals surface area contributed by atoms with Crippen molar-refractivity contribution >= 4 is 0 Å². The second-order valence-corrected chi connectivity index (χ2v) is 5.53. The molecule has 0 aromatic carbocycles. The Morgan fingerprint density at radius 1 is 1.56 bits per heavy atom. The summed E-state index contributed by atoms with van der Waals surface area (Å²) in [4.78, 5) is 2.65. The Labute approximate surface area is 111 Å². The number of hydrogen-bond donors (Lipinski definition) is 1. The summed E-state index contributed by atoms with van der Waals surface area (Å²) in [7, 11) is 0. The van der Waals surface area contributed by atoms with Crippen molar-refractivity contribution in [2.75, 3.05) is 13.1 Å². The molecule has 3 nitrogen and oxygen atoms in total. The maximum Gasteiger partial charge on any atom is 0.103 e. The lowest BCUT2D eigenvalue weighted by atomic mass is 10.0. The van der Waals surface area contributed by atoms with Crippen LogP contribution in [-0.2, 0) is 6.42 Å². The first-order valence-corrected chi connectivity index (χ1v) is 7.22. The highest BCUT2D eigenvalue weighted by Crippen LogP contribution is 2.17. The average Bonchev–Trinajstić information content (AvgIpc) is 2.89. The summed E-state index contributed by atoms with van der Waals surface area (Å²) in [5.74, 6) is 1.11. The fourth-order valence-electron chi connectivity index (χ4n) is 2.81. The van der Waals surface area contributed by atoms with Crippen molar-refractivity contribution in [3.05, 3.63) is 24.2 Å². The van der Waals surface area contributed by atoms with Gasteiger partial charge in [-0.1, -0.05) is 6.92 Å². The molecule has 1 fully saturated rings. The van der Waals surface area contributed by atoms with Crippen LogP contribution in [0.1, 0.15) is 39.4 Å². The number of piperazine rings is 1. The standard InChI is InChI=1S/C15H26N2O/c1-4-14-11-17(13(3)10-16-14)12(2)7-8-15-6-5-9-18-15/h5-6,9,12-14,16H,4,7-8,10-11H2,1-3H3. The van der Waals surface area contributed by atoms with Crippen LogP contribution in [-0.4, -0.2) is 36.1 Å². The third-order valence-corrected chi connectivity index (χ3v) is 4.15. The maximum absolute atomic E-state index is 5.41. The lowest BCUT2D eigenvalue weighted by Crippen LogP contribution is -2.57. The number of furan rings is 1. The van der Waals surface area contributed by atoms with E-state index in [1.54, 1.807) is 6.26 Å². The van der Waals surface area contributed by atoms with Gasteiger partial charge in [0.25, 0.3) is 0 Å². The maximum atomic E-state index is 5.41. The Bertz CT molecular complexity index is 336. The molecule has 1 aliphatic heterocycles. The monoisotopic (exact) mass is 250 g/mol. The van der Waals surface area contributed by atoms with Crippen LogP contribution in [0.3, 0.4) is 0 Å². The van der Waals surface area contributed by atoms with Crippen LogP contribution >= 0.6 is 0 Å². The van der Waals surface area contributed by atoms with E-state index in [2.05, 4.69) is 37.1 Å². The molecule has 3 heteroatoms. The molecular weight excluding hydrogens is 224 g/mol. The van der Waals surface area contributed by atoms with E-state index in [0.29, 0.717) is 18.1 Å². The third kappa shape index (κ3) is 3.36. The van der Waals surface area contributed by atoms with Crippen molar-refractivity contribution in [2.24, 2.45) is 0 Å². The number of rotatable bonds is 5. The van der Waals surface area contributed by atoms with Crippen LogP contribution in [0.2, 0.25) is 0 Å². The lowest BCUT2D eigenvalue weighted by molar-refractivity contribution is 0.0926. The van der Waals surface area contributed by atoms with Gasteiger partial charge in [0.2, 0.25) is 0 Å². The Balaban J connectivity index is 1.84. The Kier molecular flexibility index (Phi) is 4.84. The van der Waals surface area contributed by atoms with Gasteiger partial charge in [0, 0.05) is 37.6 Å². The fraction of sp³-hybridized carbons (Fsp3) is 0.733. The molecule has 0 saturated carbocycles. The smallest absolute Gasteiger partial charge is 0.103 e. The summed E-state index contributed by atoms with van der Waals surface area (Å²) in [5.41, 5.74) is 0. The molecule has 0 bridgehead atoms. The number of nitrogens with zero attached hydrogens (tertiary/aromatic N) is 1. The summed E-state index contributed by atoms with van der Waals surface area (Å²) in [6, 6.07) is 5.97. The van der Waals surface area contributed by atoms with Crippen molar-refractivity contribution in [3.63, 3.8) is 0 Å². The van der Waals surface area contributed by atoms with Crippen molar-refractivity contribution in [3.8, 4) is 0 Å². The molecular formula is C15H26N2O. The predicted molar refractivity (Wildman–Crippen MR) is 74.7 cm³/mol. The molecule has 0 aliphatic carbocycles. The Hall–Kier alpha value is -0.800. The molecule has 3 unspecified atom stereocenters. The molecule has 1 N–H and O–H groups in total. The van der Waals surface area contributed by atoms with Crippen LogP contribution in [0.4, 0.5) is 0 Å². The van der Waals surface area contributed by atoms with Gasteiger partial charge in [-0.25, -0.2) is 0 Å². The molecule has 102 valence electrons. The minimum absolute atomic E-state index is 0.626. The van der Waals surface area contributed by atoms with E-state index < -0.39 is 0 Å². The first-order valence-electron chi connectivity index (χ1n) is 7.22. The minimum Gasteiger partial charge on any atom is -0.469 e. The zero-order valence-electron chi connectivity index (χ0n) is 11.9. The summed E-state index contributed by atoms with van der Waals surface area (Å²) in [6.07, 6.45) is 5.20. The number of nitrogens with one attached hydrogen (secondary N) is 1. The largest absolute Gasteiger partial charge is 0.469 e. The van der Waals surface area contributed by atoms with Crippen LogP contribution < -0.4 is 5.32 Å². The van der Waals surface area contributed by atoms with Crippen LogP contribution in [0, 0.1) is 0 Å². The summed E-state index contributed by atoms with van der Waals surface area (Å²) < 4.78 is 5.41. The molecule has 1 saturated heterocycles. The average molecular weight is 250 g/mol. The SMILES string of the molecule is CCC1CN(C(C)CCc2ccco2)C(C)CN1. The van der Waals surface area contributed by atoms with Gasteiger partial charge in [0.05, 0.1) is 6.26 Å². The normalized spacial score (nSPS) is 27.3. The van der Waals surface area contributed by atoms with Gasteiger partial charge in [-0.2, -0.15) is 0 Å². The van der Waals surface area contributed by atoms with E-state index in [1.165, 1.54) is 19.4 Å². The molecule has 2 rings (SSSR count). The molecule has 0 spiro atoms. The topological polar surface area (TPSA) is 28.4 Å². The molecule has 0 amide bonds. The van der Waals surface area contributed by atoms with E-state index in [0.717, 1.165) is 18.7 Å². The highest BCUT2D eigenvalue weighted by Gasteiger charge is 2.27. The first-order chi connectivity index (χ1) is 8.70. The van der Waals surface area contributed by atoms with Crippen LogP contribution in [0.25, 0.3) is 0 Å². The molecule has 18 heavy (non-hydrogen) atoms. The van der Waals surface area contributed by atoms with Crippen LogP contribution in [0.15, 0.2) is 22.8 Å². The van der Waals surface area contributed by atoms with Crippen molar-refractivity contribution in [2.45, 2.75) is 58.2 Å². The number of hydrogen-bond acceptors (Lipinski definition) is 3. The quantitative estimate of drug-likeness (QED) is 0.871. The van der Waals surface area contributed by atoms with Gasteiger partial charge in [0.1, 0.15) is 5.76 Å². The molecule has 1 aliphatic rings. The second kappa shape index (κ2) is 6.39. The lowest BCUT2D eigenvalue weighted by Gasteiger charge is -2.42. The van der Waals surface area contributed by atoms with Crippen molar-refractivity contribution in [1.82, 2.24) is 10.2 Å². The second-order valence-electron chi connectivity index (χ2n) is 5.53. The summed E-state index contributed by atoms with van der Waals surface area (Å²) in [5, 5.41) is 3.61. The van der Waals surface area contributed by atoms with E-state index in [4.69, 9.17) is 4.42 Å².